The Balaban J connectivity index is 1.35. The van der Waals surface area contributed by atoms with E-state index in [0.29, 0.717) is 28.3 Å². The lowest BCUT2D eigenvalue weighted by atomic mass is 9.90. The summed E-state index contributed by atoms with van der Waals surface area (Å²) in [6.07, 6.45) is 6.47. The molecular formula is C43H52N4O8. The van der Waals surface area contributed by atoms with E-state index in [1.165, 1.54) is 22.4 Å². The van der Waals surface area contributed by atoms with Gasteiger partial charge in [0.2, 0.25) is 11.8 Å². The van der Waals surface area contributed by atoms with Crippen LogP contribution in [0.3, 0.4) is 0 Å². The number of nitrogens with one attached hydrogen (secondary N) is 2. The van der Waals surface area contributed by atoms with Crippen LogP contribution in [0.25, 0.3) is 22.2 Å². The molecule has 12 heteroatoms. The van der Waals surface area contributed by atoms with Crippen LogP contribution in [0.5, 0.6) is 11.5 Å². The molecule has 6 rings (SSSR count). The number of carbonyl (C=O) groups is 4. The third-order valence-corrected chi connectivity index (χ3v) is 10.6. The summed E-state index contributed by atoms with van der Waals surface area (Å²) in [4.78, 5) is 60.6. The van der Waals surface area contributed by atoms with Crippen LogP contribution in [0.15, 0.2) is 66.8 Å². The van der Waals surface area contributed by atoms with Gasteiger partial charge in [-0.15, -0.1) is 0 Å². The van der Waals surface area contributed by atoms with E-state index < -0.39 is 53.2 Å². The summed E-state index contributed by atoms with van der Waals surface area (Å²) < 4.78 is 17.8. The van der Waals surface area contributed by atoms with Crippen LogP contribution in [0, 0.1) is 5.92 Å². The number of methoxy groups -OCH3 is 1. The summed E-state index contributed by atoms with van der Waals surface area (Å²) in [5.74, 6) is -1.54. The van der Waals surface area contributed by atoms with Gasteiger partial charge in [0.05, 0.1) is 24.9 Å². The average molecular weight is 753 g/mol. The molecule has 0 saturated carbocycles. The molecule has 2 aromatic carbocycles. The number of hydrogen-bond acceptors (Lipinski definition) is 8. The number of alkyl carbamates (subject to hydrolysis) is 1. The summed E-state index contributed by atoms with van der Waals surface area (Å²) in [7, 11) is 1.59. The van der Waals surface area contributed by atoms with Crippen molar-refractivity contribution in [3.8, 4) is 22.8 Å². The molecule has 1 saturated heterocycles. The summed E-state index contributed by atoms with van der Waals surface area (Å²) in [6, 6.07) is 11.7. The molecule has 4 atom stereocenters. The zero-order valence-corrected chi connectivity index (χ0v) is 32.6. The van der Waals surface area contributed by atoms with Gasteiger partial charge in [-0.3, -0.25) is 9.59 Å². The monoisotopic (exact) mass is 752 g/mol. The minimum Gasteiger partial charge on any atom is -0.497 e. The normalized spacial score (nSPS) is 21.4. The number of carbonyl (C=O) groups excluding carboxylic acids is 3. The van der Waals surface area contributed by atoms with Gasteiger partial charge < -0.3 is 34.9 Å². The SMILES string of the molecule is C=CC1=CC[C@@](NC(=O)[C@@H]2C[C@@H](Oc3cc(-c4ccc5c(c4)CCCC5)nc4cc(OC)ccc34)CN2C(=O)[C@@H](NC(=O)OC(C)(C)C)C(C)C)(C(=O)O)C1. The summed E-state index contributed by atoms with van der Waals surface area (Å²) >= 11 is 0. The highest BCUT2D eigenvalue weighted by Gasteiger charge is 2.49. The number of carboxylic acid groups (broad SMARTS) is 1. The van der Waals surface area contributed by atoms with Crippen LogP contribution < -0.4 is 20.1 Å². The van der Waals surface area contributed by atoms with Gasteiger partial charge in [0.1, 0.15) is 40.8 Å². The average Bonchev–Trinajstić information content (AvgIpc) is 3.77. The zero-order chi connectivity index (χ0) is 39.7. The molecule has 0 spiro atoms. The molecule has 1 fully saturated rings. The number of rotatable bonds is 11. The Morgan fingerprint density at radius 3 is 2.45 bits per heavy atom. The maximum absolute atomic E-state index is 14.4. The Labute approximate surface area is 322 Å². The number of aryl methyl sites for hydroxylation is 2. The standard InChI is InChI=1S/C43H52N4O8/c1-8-26-17-18-43(23-26,40(50)51)46-38(48)35-21-31(24-47(35)39(49)37(25(2)3)45-41(52)55-42(4,5)6)54-36-22-33(44-34-20-30(53-7)15-16-32(34)36)29-14-13-27-11-9-10-12-28(27)19-29/h8,13-17,19-20,22,25,31,35,37H,1,9-12,18,21,23-24H2,2-7H3,(H,45,52)(H,46,48)(H,50,51)/t31-,35+,37+,43+/m1/s1. The van der Waals surface area contributed by atoms with Crippen molar-refractivity contribution in [3.63, 3.8) is 0 Å². The van der Waals surface area contributed by atoms with Gasteiger partial charge in [0, 0.05) is 42.3 Å². The maximum atomic E-state index is 14.4. The molecule has 3 N–H and O–H groups in total. The van der Waals surface area contributed by atoms with E-state index in [1.807, 2.05) is 24.3 Å². The number of aliphatic carboxylic acids is 1. The van der Waals surface area contributed by atoms with E-state index in [1.54, 1.807) is 53.9 Å². The number of likely N-dealkylation sites (tertiary alicyclic amines) is 1. The van der Waals surface area contributed by atoms with E-state index in [0.717, 1.165) is 30.2 Å². The van der Waals surface area contributed by atoms with E-state index in [4.69, 9.17) is 19.2 Å². The van der Waals surface area contributed by atoms with Crippen LogP contribution in [-0.4, -0.2) is 81.8 Å². The lowest BCUT2D eigenvalue weighted by Crippen LogP contribution is -2.60. The van der Waals surface area contributed by atoms with Gasteiger partial charge in [-0.05, 0) is 87.3 Å². The molecule has 1 aliphatic heterocycles. The molecule has 2 aliphatic carbocycles. The van der Waals surface area contributed by atoms with Gasteiger partial charge in [0.15, 0.2) is 0 Å². The fourth-order valence-corrected chi connectivity index (χ4v) is 7.71. The predicted molar refractivity (Wildman–Crippen MR) is 209 cm³/mol. The van der Waals surface area contributed by atoms with E-state index in [-0.39, 0.29) is 31.7 Å². The summed E-state index contributed by atoms with van der Waals surface area (Å²) in [5, 5.41) is 16.5. The van der Waals surface area contributed by atoms with Crippen LogP contribution in [0.2, 0.25) is 0 Å². The molecule has 3 aromatic rings. The topological polar surface area (TPSA) is 156 Å². The first-order chi connectivity index (χ1) is 26.1. The number of ether oxygens (including phenoxy) is 3. The first-order valence-corrected chi connectivity index (χ1v) is 19.0. The number of fused-ring (bicyclic) bond motifs is 2. The summed E-state index contributed by atoms with van der Waals surface area (Å²) in [6.45, 7) is 12.5. The quantitative estimate of drug-likeness (QED) is 0.198. The van der Waals surface area contributed by atoms with Crippen LogP contribution in [0.1, 0.15) is 77.8 Å². The Bertz CT molecular complexity index is 2030. The fraction of sp³-hybridized carbons (Fsp3) is 0.465. The van der Waals surface area contributed by atoms with Crippen molar-refractivity contribution in [1.82, 2.24) is 20.5 Å². The number of hydrogen-bond donors (Lipinski definition) is 3. The minimum absolute atomic E-state index is 0.000513. The fourth-order valence-electron chi connectivity index (χ4n) is 7.71. The van der Waals surface area contributed by atoms with Crippen LogP contribution in [0.4, 0.5) is 4.79 Å². The molecule has 2 heterocycles. The highest BCUT2D eigenvalue weighted by molar-refractivity contribution is 5.95. The van der Waals surface area contributed by atoms with Gasteiger partial charge >= 0.3 is 12.1 Å². The molecule has 292 valence electrons. The first kappa shape index (κ1) is 39.3. The zero-order valence-electron chi connectivity index (χ0n) is 32.6. The number of carboxylic acids is 1. The third-order valence-electron chi connectivity index (χ3n) is 10.6. The Morgan fingerprint density at radius 1 is 1.05 bits per heavy atom. The number of aromatic nitrogens is 1. The molecule has 12 nitrogen and oxygen atoms in total. The predicted octanol–water partition coefficient (Wildman–Crippen LogP) is 6.53. The van der Waals surface area contributed by atoms with E-state index >= 15 is 0 Å². The first-order valence-electron chi connectivity index (χ1n) is 19.0. The van der Waals surface area contributed by atoms with Crippen molar-refractivity contribution in [2.45, 2.75) is 109 Å². The second-order valence-electron chi connectivity index (χ2n) is 16.2. The number of amides is 3. The lowest BCUT2D eigenvalue weighted by Gasteiger charge is -2.33. The second kappa shape index (κ2) is 15.8. The van der Waals surface area contributed by atoms with Gasteiger partial charge in [-0.25, -0.2) is 14.6 Å². The highest BCUT2D eigenvalue weighted by atomic mass is 16.6. The van der Waals surface area contributed by atoms with Crippen molar-refractivity contribution >= 4 is 34.8 Å². The van der Waals surface area contributed by atoms with Gasteiger partial charge in [-0.1, -0.05) is 44.7 Å². The molecular weight excluding hydrogens is 700 g/mol. The highest BCUT2D eigenvalue weighted by Crippen LogP contribution is 2.37. The van der Waals surface area contributed by atoms with Gasteiger partial charge in [-0.2, -0.15) is 0 Å². The van der Waals surface area contributed by atoms with Crippen LogP contribution in [-0.2, 0) is 32.0 Å². The van der Waals surface area contributed by atoms with Crippen molar-refractivity contribution in [3.05, 3.63) is 77.9 Å². The van der Waals surface area contributed by atoms with E-state index in [9.17, 15) is 24.3 Å². The maximum Gasteiger partial charge on any atom is 0.408 e. The molecule has 0 bridgehead atoms. The third kappa shape index (κ3) is 8.63. The Morgan fingerprint density at radius 2 is 1.80 bits per heavy atom. The van der Waals surface area contributed by atoms with Crippen molar-refractivity contribution in [1.29, 1.82) is 0 Å². The molecule has 0 radical (unpaired) electrons. The number of allylic oxidation sites excluding steroid dienone is 1. The Kier molecular flexibility index (Phi) is 11.3. The minimum atomic E-state index is -1.59. The molecule has 1 aromatic heterocycles. The number of nitrogens with zero attached hydrogens (tertiary/aromatic N) is 2. The largest absolute Gasteiger partial charge is 0.497 e. The Hall–Kier alpha value is -5.39. The molecule has 3 amide bonds. The van der Waals surface area contributed by atoms with E-state index in [2.05, 4.69) is 35.4 Å². The number of pyridine rings is 1. The number of benzene rings is 2. The second-order valence-corrected chi connectivity index (χ2v) is 16.2. The summed E-state index contributed by atoms with van der Waals surface area (Å²) in [5.41, 5.74) is 3.30. The lowest BCUT2D eigenvalue weighted by molar-refractivity contribution is -0.149. The molecule has 0 unspecified atom stereocenters. The molecule has 3 aliphatic rings. The van der Waals surface area contributed by atoms with Crippen LogP contribution >= 0.6 is 0 Å². The van der Waals surface area contributed by atoms with Crippen molar-refractivity contribution in [2.24, 2.45) is 5.92 Å². The smallest absolute Gasteiger partial charge is 0.408 e. The molecule has 55 heavy (non-hydrogen) atoms. The van der Waals surface area contributed by atoms with Crippen molar-refractivity contribution < 1.29 is 38.5 Å². The van der Waals surface area contributed by atoms with Crippen molar-refractivity contribution in [2.75, 3.05) is 13.7 Å². The van der Waals surface area contributed by atoms with Gasteiger partial charge in [0.25, 0.3) is 0 Å².